The summed E-state index contributed by atoms with van der Waals surface area (Å²) in [6.07, 6.45) is 2.16. The van der Waals surface area contributed by atoms with E-state index in [-0.39, 0.29) is 11.8 Å². The maximum absolute atomic E-state index is 6.84. The maximum Gasteiger partial charge on any atom is 0.166 e. The monoisotopic (exact) mass is 442 g/mol. The van der Waals surface area contributed by atoms with Crippen LogP contribution in [0.5, 0.6) is 0 Å². The molecule has 7 atom stereocenters. The molecule has 4 aliphatic rings. The van der Waals surface area contributed by atoms with Gasteiger partial charge in [-0.1, -0.05) is 62.3 Å². The standard InChI is InChI=1S/C12H9BrCl6/c13-5-2-3-1-4(5)7-6(3)10(16)8(14)9(15)11(7,17)12(10,18)19/h3-7H,1-2H2/t3-,4-,5+,6-,7-,10+,11+/m1/s1. The fraction of sp³-hybridized carbons (Fsp3) is 0.833. The van der Waals surface area contributed by atoms with Crippen LogP contribution in [0.25, 0.3) is 0 Å². The van der Waals surface area contributed by atoms with Gasteiger partial charge in [0.05, 0.1) is 10.1 Å². The summed E-state index contributed by atoms with van der Waals surface area (Å²) in [6, 6.07) is 0. The van der Waals surface area contributed by atoms with E-state index in [2.05, 4.69) is 15.9 Å². The molecule has 7 heteroatoms. The van der Waals surface area contributed by atoms with E-state index in [1.165, 1.54) is 0 Å². The second-order valence-electron chi connectivity index (χ2n) is 6.09. The lowest BCUT2D eigenvalue weighted by atomic mass is 9.72. The number of alkyl halides is 5. The van der Waals surface area contributed by atoms with E-state index in [0.717, 1.165) is 12.8 Å². The van der Waals surface area contributed by atoms with E-state index < -0.39 is 14.1 Å². The highest BCUT2D eigenvalue weighted by Gasteiger charge is 2.86. The van der Waals surface area contributed by atoms with E-state index in [1.807, 2.05) is 0 Å². The number of halogens is 7. The Morgan fingerprint density at radius 2 is 1.42 bits per heavy atom. The smallest absolute Gasteiger partial charge is 0.109 e. The zero-order valence-electron chi connectivity index (χ0n) is 9.45. The summed E-state index contributed by atoms with van der Waals surface area (Å²) in [4.78, 5) is -1.68. The van der Waals surface area contributed by atoms with Gasteiger partial charge < -0.3 is 0 Å². The fourth-order valence-corrected chi connectivity index (χ4v) is 9.14. The van der Waals surface area contributed by atoms with E-state index in [9.17, 15) is 0 Å². The molecule has 19 heavy (non-hydrogen) atoms. The molecule has 0 aromatic carbocycles. The first-order chi connectivity index (χ1) is 8.69. The van der Waals surface area contributed by atoms with Crippen molar-refractivity contribution in [1.82, 2.24) is 0 Å². The van der Waals surface area contributed by atoms with Crippen LogP contribution < -0.4 is 0 Å². The van der Waals surface area contributed by atoms with Crippen molar-refractivity contribution in [3.63, 3.8) is 0 Å². The third kappa shape index (κ3) is 1.24. The van der Waals surface area contributed by atoms with Gasteiger partial charge in [0.1, 0.15) is 9.75 Å². The summed E-state index contributed by atoms with van der Waals surface area (Å²) in [5.41, 5.74) is 0. The Hall–Kier alpha value is 1.96. The molecule has 0 radical (unpaired) electrons. The van der Waals surface area contributed by atoms with Crippen molar-refractivity contribution in [3.8, 4) is 0 Å². The van der Waals surface area contributed by atoms with Crippen molar-refractivity contribution in [1.29, 1.82) is 0 Å². The SMILES string of the molecule is ClC1=C(Cl)[C@@]2(Cl)[C@@H]3[C@@H]4C[C@H](C[C@@H]4Br)[C@H]3[C@@]1(Cl)C2(Cl)Cl. The van der Waals surface area contributed by atoms with Crippen molar-refractivity contribution in [2.75, 3.05) is 0 Å². The lowest BCUT2D eigenvalue weighted by molar-refractivity contribution is 0.226. The second-order valence-corrected chi connectivity index (χ2v) is 10.5. The van der Waals surface area contributed by atoms with Crippen LogP contribution in [0.3, 0.4) is 0 Å². The molecule has 3 fully saturated rings. The van der Waals surface area contributed by atoms with E-state index in [0.29, 0.717) is 26.7 Å². The highest BCUT2D eigenvalue weighted by molar-refractivity contribution is 9.09. The minimum atomic E-state index is -1.36. The average Bonchev–Trinajstić information content (AvgIpc) is 2.95. The van der Waals surface area contributed by atoms with Gasteiger partial charge in [0.25, 0.3) is 0 Å². The molecule has 0 spiro atoms. The first-order valence-corrected chi connectivity index (χ1v) is 9.33. The van der Waals surface area contributed by atoms with Crippen LogP contribution in [-0.4, -0.2) is 18.9 Å². The van der Waals surface area contributed by atoms with Gasteiger partial charge in [-0.15, -0.1) is 23.2 Å². The van der Waals surface area contributed by atoms with Gasteiger partial charge in [-0.2, -0.15) is 0 Å². The highest BCUT2D eigenvalue weighted by Crippen LogP contribution is 2.82. The van der Waals surface area contributed by atoms with Gasteiger partial charge in [-0.25, -0.2) is 0 Å². The van der Waals surface area contributed by atoms with Gasteiger partial charge in [0.15, 0.2) is 4.33 Å². The summed E-state index contributed by atoms with van der Waals surface area (Å²) in [5.74, 6) is 1.05. The summed E-state index contributed by atoms with van der Waals surface area (Å²) < 4.78 is -1.36. The normalized spacial score (nSPS) is 61.1. The molecular formula is C12H9BrCl6. The van der Waals surface area contributed by atoms with Crippen LogP contribution in [0.1, 0.15) is 12.8 Å². The summed E-state index contributed by atoms with van der Waals surface area (Å²) in [7, 11) is 0. The summed E-state index contributed by atoms with van der Waals surface area (Å²) in [6.45, 7) is 0. The van der Waals surface area contributed by atoms with Crippen LogP contribution in [-0.2, 0) is 0 Å². The third-order valence-electron chi connectivity index (χ3n) is 5.59. The molecular weight excluding hydrogens is 437 g/mol. The summed E-state index contributed by atoms with van der Waals surface area (Å²) in [5, 5.41) is 0.681. The molecule has 4 bridgehead atoms. The van der Waals surface area contributed by atoms with Gasteiger partial charge in [-0.05, 0) is 36.5 Å². The Morgan fingerprint density at radius 3 is 2.00 bits per heavy atom. The molecule has 0 N–H and O–H groups in total. The second kappa shape index (κ2) is 3.89. The minimum absolute atomic E-state index is 0.0831. The van der Waals surface area contributed by atoms with Crippen LogP contribution in [0.2, 0.25) is 0 Å². The van der Waals surface area contributed by atoms with Crippen molar-refractivity contribution in [2.24, 2.45) is 23.7 Å². The Bertz CT molecular complexity index is 518. The third-order valence-corrected chi connectivity index (χ3v) is 10.9. The first kappa shape index (κ1) is 14.5. The van der Waals surface area contributed by atoms with Crippen LogP contribution >= 0.6 is 85.5 Å². The van der Waals surface area contributed by atoms with E-state index in [4.69, 9.17) is 69.6 Å². The van der Waals surface area contributed by atoms with Crippen molar-refractivity contribution < 1.29 is 0 Å². The van der Waals surface area contributed by atoms with Gasteiger partial charge in [0.2, 0.25) is 0 Å². The largest absolute Gasteiger partial charge is 0.166 e. The Labute approximate surface area is 150 Å². The lowest BCUT2D eigenvalue weighted by Gasteiger charge is -2.41. The quantitative estimate of drug-likeness (QED) is 0.323. The van der Waals surface area contributed by atoms with Crippen molar-refractivity contribution in [3.05, 3.63) is 10.1 Å². The molecule has 0 aliphatic heterocycles. The number of allylic oxidation sites excluding steroid dienone is 2. The zero-order valence-corrected chi connectivity index (χ0v) is 15.6. The number of hydrogen-bond donors (Lipinski definition) is 0. The van der Waals surface area contributed by atoms with Gasteiger partial charge >= 0.3 is 0 Å². The number of hydrogen-bond acceptors (Lipinski definition) is 0. The first-order valence-electron chi connectivity index (χ1n) is 6.15. The molecule has 0 heterocycles. The fourth-order valence-electron chi connectivity index (χ4n) is 4.97. The van der Waals surface area contributed by atoms with Crippen LogP contribution in [0.4, 0.5) is 0 Å². The Kier molecular flexibility index (Phi) is 2.98. The number of rotatable bonds is 0. The van der Waals surface area contributed by atoms with Crippen molar-refractivity contribution in [2.45, 2.75) is 31.8 Å². The molecule has 106 valence electrons. The zero-order chi connectivity index (χ0) is 14.0. The van der Waals surface area contributed by atoms with E-state index >= 15 is 0 Å². The molecule has 0 aromatic heterocycles. The Balaban J connectivity index is 1.99. The molecule has 0 aromatic rings. The Morgan fingerprint density at radius 1 is 0.895 bits per heavy atom. The maximum atomic E-state index is 6.84. The molecule has 0 amide bonds. The summed E-state index contributed by atoms with van der Waals surface area (Å²) >= 11 is 43.3. The molecule has 4 aliphatic carbocycles. The average molecular weight is 446 g/mol. The van der Waals surface area contributed by atoms with Crippen LogP contribution in [0, 0.1) is 23.7 Å². The molecule has 3 saturated carbocycles. The van der Waals surface area contributed by atoms with E-state index in [1.54, 1.807) is 0 Å². The molecule has 0 nitrogen and oxygen atoms in total. The predicted octanol–water partition coefficient (Wildman–Crippen LogP) is 5.87. The van der Waals surface area contributed by atoms with Gasteiger partial charge in [-0.3, -0.25) is 0 Å². The topological polar surface area (TPSA) is 0 Å². The lowest BCUT2D eigenvalue weighted by Crippen LogP contribution is -2.46. The minimum Gasteiger partial charge on any atom is -0.109 e. The highest BCUT2D eigenvalue weighted by atomic mass is 79.9. The van der Waals surface area contributed by atoms with Gasteiger partial charge in [0, 0.05) is 4.83 Å². The molecule has 0 saturated heterocycles. The molecule has 4 rings (SSSR count). The molecule has 0 unspecified atom stereocenters. The number of fused-ring (bicyclic) bond motifs is 9. The van der Waals surface area contributed by atoms with Crippen LogP contribution in [0.15, 0.2) is 10.1 Å². The predicted molar refractivity (Wildman–Crippen MR) is 86.2 cm³/mol. The van der Waals surface area contributed by atoms with Crippen molar-refractivity contribution >= 4 is 85.5 Å².